The third-order valence-electron chi connectivity index (χ3n) is 0.613. The number of hydrogen-bond acceptors (Lipinski definition) is 3. The van der Waals surface area contributed by atoms with Crippen molar-refractivity contribution in [2.75, 3.05) is 0 Å². The largest absolute Gasteiger partial charge is 0.391 e. The van der Waals surface area contributed by atoms with Crippen molar-refractivity contribution in [3.05, 3.63) is 0 Å². The van der Waals surface area contributed by atoms with Crippen molar-refractivity contribution >= 4 is 11.9 Å². The minimum Gasteiger partial charge on any atom is -0.383 e. The van der Waals surface area contributed by atoms with Crippen LogP contribution in [0.25, 0.3) is 0 Å². The molecule has 0 spiro atoms. The highest BCUT2D eigenvalue weighted by Gasteiger charge is 2.02. The summed E-state index contributed by atoms with van der Waals surface area (Å²) in [6, 6.07) is 0. The van der Waals surface area contributed by atoms with E-state index in [1.165, 1.54) is 0 Å². The first-order chi connectivity index (χ1) is 4.20. The third kappa shape index (κ3) is 3.30. The molecule has 0 bridgehead atoms. The fourth-order valence-electron chi connectivity index (χ4n) is 0.205. The van der Waals surface area contributed by atoms with Crippen LogP contribution in [0.15, 0.2) is 0 Å². The predicted molar refractivity (Wildman–Crippen MR) is 30.2 cm³/mol. The second-order valence-corrected chi connectivity index (χ2v) is 1.26. The van der Waals surface area contributed by atoms with Gasteiger partial charge in [0.2, 0.25) is 0 Å². The van der Waals surface area contributed by atoms with Crippen molar-refractivity contribution < 1.29 is 14.3 Å². The highest BCUT2D eigenvalue weighted by Crippen LogP contribution is 1.83. The zero-order valence-corrected chi connectivity index (χ0v) is 5.01. The molecular formula is C6H6O3. The van der Waals surface area contributed by atoms with E-state index in [1.807, 2.05) is 0 Å². The molecule has 3 heteroatoms. The molecule has 0 fully saturated rings. The van der Waals surface area contributed by atoms with Crippen molar-refractivity contribution in [2.24, 2.45) is 0 Å². The zero-order valence-electron chi connectivity index (χ0n) is 5.01. The predicted octanol–water partition coefficient (Wildman–Crippen LogP) is 0.0994. The average Bonchev–Trinajstić information content (AvgIpc) is 1.87. The standard InChI is InChI=1S/C6H6O3/c1-3-5(7)9-6(8)4-2/h1H,4H2,2H3. The smallest absolute Gasteiger partial charge is 0.383 e. The van der Waals surface area contributed by atoms with Crippen molar-refractivity contribution in [3.8, 4) is 12.3 Å². The molecule has 0 amide bonds. The van der Waals surface area contributed by atoms with Crippen LogP contribution in [0.2, 0.25) is 0 Å². The summed E-state index contributed by atoms with van der Waals surface area (Å²) in [6.45, 7) is 1.58. The van der Waals surface area contributed by atoms with E-state index in [0.717, 1.165) is 0 Å². The quantitative estimate of drug-likeness (QED) is 0.216. The second kappa shape index (κ2) is 3.67. The molecule has 0 heterocycles. The summed E-state index contributed by atoms with van der Waals surface area (Å²) in [6.07, 6.45) is 4.76. The Balaban J connectivity index is 3.64. The van der Waals surface area contributed by atoms with Gasteiger partial charge in [-0.15, -0.1) is 6.42 Å². The highest BCUT2D eigenvalue weighted by molar-refractivity contribution is 5.95. The molecule has 0 saturated carbocycles. The Morgan fingerprint density at radius 2 is 2.22 bits per heavy atom. The Morgan fingerprint density at radius 1 is 1.67 bits per heavy atom. The number of esters is 2. The molecule has 3 nitrogen and oxygen atoms in total. The van der Waals surface area contributed by atoms with Gasteiger partial charge in [-0.1, -0.05) is 6.92 Å². The minimum absolute atomic E-state index is 0.160. The van der Waals surface area contributed by atoms with Gasteiger partial charge in [0.25, 0.3) is 0 Å². The van der Waals surface area contributed by atoms with Gasteiger partial charge >= 0.3 is 11.9 Å². The molecule has 48 valence electrons. The van der Waals surface area contributed by atoms with Crippen LogP contribution in [-0.4, -0.2) is 11.9 Å². The average molecular weight is 126 g/mol. The maximum absolute atomic E-state index is 10.2. The molecule has 0 aliphatic heterocycles. The molecular weight excluding hydrogens is 120 g/mol. The van der Waals surface area contributed by atoms with Gasteiger partial charge in [0, 0.05) is 12.3 Å². The lowest BCUT2D eigenvalue weighted by atomic mass is 10.5. The number of carbonyl (C=O) groups excluding carboxylic acids is 2. The summed E-state index contributed by atoms with van der Waals surface area (Å²) in [7, 11) is 0. The van der Waals surface area contributed by atoms with E-state index in [1.54, 1.807) is 12.8 Å². The molecule has 0 N–H and O–H groups in total. The SMILES string of the molecule is C#CC(=O)OC(=O)CC. The first-order valence-corrected chi connectivity index (χ1v) is 2.42. The number of carbonyl (C=O) groups is 2. The van der Waals surface area contributed by atoms with Gasteiger partial charge in [-0.05, 0) is 0 Å². The van der Waals surface area contributed by atoms with Crippen molar-refractivity contribution in [1.29, 1.82) is 0 Å². The van der Waals surface area contributed by atoms with E-state index in [4.69, 9.17) is 0 Å². The van der Waals surface area contributed by atoms with Gasteiger partial charge in [0.1, 0.15) is 0 Å². The maximum Gasteiger partial charge on any atom is 0.391 e. The van der Waals surface area contributed by atoms with E-state index in [9.17, 15) is 9.59 Å². The van der Waals surface area contributed by atoms with Crippen LogP contribution in [0, 0.1) is 12.3 Å². The number of rotatable bonds is 1. The molecule has 0 aromatic carbocycles. The maximum atomic E-state index is 10.2. The fourth-order valence-corrected chi connectivity index (χ4v) is 0.205. The van der Waals surface area contributed by atoms with Crippen LogP contribution in [0.5, 0.6) is 0 Å². The number of terminal acetylenes is 1. The summed E-state index contributed by atoms with van der Waals surface area (Å²) in [5.74, 6) is 0.120. The molecule has 0 aliphatic carbocycles. The summed E-state index contributed by atoms with van der Waals surface area (Å²) < 4.78 is 4.03. The summed E-state index contributed by atoms with van der Waals surface area (Å²) in [4.78, 5) is 20.3. The first-order valence-electron chi connectivity index (χ1n) is 2.42. The van der Waals surface area contributed by atoms with Crippen molar-refractivity contribution in [3.63, 3.8) is 0 Å². The third-order valence-corrected chi connectivity index (χ3v) is 0.613. The molecule has 9 heavy (non-hydrogen) atoms. The lowest BCUT2D eigenvalue weighted by Crippen LogP contribution is -2.08. The zero-order chi connectivity index (χ0) is 7.28. The summed E-state index contributed by atoms with van der Waals surface area (Å²) in [5.41, 5.74) is 0. The Hall–Kier alpha value is -1.30. The normalized spacial score (nSPS) is 7.56. The number of ether oxygens (including phenoxy) is 1. The van der Waals surface area contributed by atoms with E-state index in [0.29, 0.717) is 0 Å². The van der Waals surface area contributed by atoms with Gasteiger partial charge < -0.3 is 4.74 Å². The Morgan fingerprint density at radius 3 is 2.56 bits per heavy atom. The van der Waals surface area contributed by atoms with E-state index < -0.39 is 11.9 Å². The molecule has 0 atom stereocenters. The topological polar surface area (TPSA) is 43.4 Å². The van der Waals surface area contributed by atoms with Crippen LogP contribution in [0.1, 0.15) is 13.3 Å². The molecule has 0 unspecified atom stereocenters. The lowest BCUT2D eigenvalue weighted by Gasteiger charge is -1.91. The molecule has 0 rings (SSSR count). The van der Waals surface area contributed by atoms with Gasteiger partial charge in [-0.2, -0.15) is 0 Å². The van der Waals surface area contributed by atoms with Crippen LogP contribution in [0.3, 0.4) is 0 Å². The van der Waals surface area contributed by atoms with Crippen LogP contribution in [-0.2, 0) is 14.3 Å². The van der Waals surface area contributed by atoms with Gasteiger partial charge in [0.15, 0.2) is 0 Å². The second-order valence-electron chi connectivity index (χ2n) is 1.26. The fraction of sp³-hybridized carbons (Fsp3) is 0.333. The Kier molecular flexibility index (Phi) is 3.14. The lowest BCUT2D eigenvalue weighted by molar-refractivity contribution is -0.155. The first kappa shape index (κ1) is 7.70. The summed E-state index contributed by atoms with van der Waals surface area (Å²) in [5, 5.41) is 0. The Labute approximate surface area is 53.0 Å². The van der Waals surface area contributed by atoms with Crippen molar-refractivity contribution in [2.45, 2.75) is 13.3 Å². The molecule has 0 aromatic heterocycles. The summed E-state index contributed by atoms with van der Waals surface area (Å²) >= 11 is 0. The van der Waals surface area contributed by atoms with Gasteiger partial charge in [-0.25, -0.2) is 4.79 Å². The molecule has 0 saturated heterocycles. The number of hydrogen-bond donors (Lipinski definition) is 0. The molecule has 0 radical (unpaired) electrons. The van der Waals surface area contributed by atoms with E-state index in [-0.39, 0.29) is 6.42 Å². The van der Waals surface area contributed by atoms with Crippen LogP contribution < -0.4 is 0 Å². The Bertz CT molecular complexity index is 164. The highest BCUT2D eigenvalue weighted by atomic mass is 16.6. The van der Waals surface area contributed by atoms with Crippen LogP contribution in [0.4, 0.5) is 0 Å². The van der Waals surface area contributed by atoms with E-state index in [2.05, 4.69) is 11.2 Å². The van der Waals surface area contributed by atoms with Crippen LogP contribution >= 0.6 is 0 Å². The monoisotopic (exact) mass is 126 g/mol. The van der Waals surface area contributed by atoms with Crippen molar-refractivity contribution in [1.82, 2.24) is 0 Å². The minimum atomic E-state index is -0.929. The van der Waals surface area contributed by atoms with E-state index >= 15 is 0 Å². The van der Waals surface area contributed by atoms with Gasteiger partial charge in [0.05, 0.1) is 0 Å². The van der Waals surface area contributed by atoms with Gasteiger partial charge in [-0.3, -0.25) is 4.79 Å². The molecule has 0 aliphatic rings. The molecule has 0 aromatic rings.